The average Bonchev–Trinajstić information content (AvgIpc) is 3.41. The van der Waals surface area contributed by atoms with E-state index in [0.29, 0.717) is 16.7 Å². The zero-order valence-electron chi connectivity index (χ0n) is 23.9. The molecule has 0 radical (unpaired) electrons. The molecular formula is C35H38FNO3. The number of aryl methyl sites for hydroxylation is 2. The van der Waals surface area contributed by atoms with E-state index in [4.69, 9.17) is 9.47 Å². The Morgan fingerprint density at radius 1 is 0.975 bits per heavy atom. The lowest BCUT2D eigenvalue weighted by molar-refractivity contribution is -0.143. The van der Waals surface area contributed by atoms with Crippen LogP contribution in [0.15, 0.2) is 60.7 Å². The number of nitrogens with one attached hydrogen (secondary N) is 1. The molecule has 1 saturated heterocycles. The second kappa shape index (κ2) is 10.2. The standard InChI is InChI=1S/C35H38FNO3/c1-22-8-14-28(30(36)18-22)29-7-5-6-24-19-26(40-33(38)34(2,3)4)13-15-27(24)32(29)23-9-11-25(12-10-23)39-31-20-35(31)16-17-37-21-35/h8-15,18-19,31,37H,5-7,16-17,20-21H2,1-4H3/t31-,35-/m0/s1. The summed E-state index contributed by atoms with van der Waals surface area (Å²) in [6, 6.07) is 19.6. The van der Waals surface area contributed by atoms with Gasteiger partial charge in [0.15, 0.2) is 0 Å². The van der Waals surface area contributed by atoms with Crippen molar-refractivity contribution >= 4 is 17.1 Å². The first-order valence-electron chi connectivity index (χ1n) is 14.5. The van der Waals surface area contributed by atoms with Gasteiger partial charge in [0.2, 0.25) is 0 Å². The lowest BCUT2D eigenvalue weighted by Crippen LogP contribution is -2.25. The molecule has 2 aliphatic carbocycles. The molecule has 0 aromatic heterocycles. The Labute approximate surface area is 236 Å². The quantitative estimate of drug-likeness (QED) is 0.269. The predicted octanol–water partition coefficient (Wildman–Crippen LogP) is 7.51. The molecule has 6 rings (SSSR count). The van der Waals surface area contributed by atoms with Crippen molar-refractivity contribution in [1.29, 1.82) is 0 Å². The van der Waals surface area contributed by atoms with Crippen molar-refractivity contribution in [2.75, 3.05) is 13.1 Å². The van der Waals surface area contributed by atoms with Crippen molar-refractivity contribution in [3.63, 3.8) is 0 Å². The molecule has 0 unspecified atom stereocenters. The van der Waals surface area contributed by atoms with Crippen LogP contribution in [0.3, 0.4) is 0 Å². The summed E-state index contributed by atoms with van der Waals surface area (Å²) in [6.45, 7) is 9.57. The molecule has 1 saturated carbocycles. The molecule has 4 nitrogen and oxygen atoms in total. The van der Waals surface area contributed by atoms with E-state index in [1.807, 2.05) is 70.2 Å². The molecule has 3 aromatic rings. The van der Waals surface area contributed by atoms with Crippen molar-refractivity contribution in [3.05, 3.63) is 94.3 Å². The van der Waals surface area contributed by atoms with Crippen molar-refractivity contribution < 1.29 is 18.7 Å². The van der Waals surface area contributed by atoms with E-state index >= 15 is 4.39 Å². The molecule has 1 aliphatic heterocycles. The molecule has 40 heavy (non-hydrogen) atoms. The normalized spacial score (nSPS) is 22.2. The van der Waals surface area contributed by atoms with Crippen molar-refractivity contribution in [3.8, 4) is 11.5 Å². The second-order valence-corrected chi connectivity index (χ2v) is 12.8. The van der Waals surface area contributed by atoms with Crippen molar-refractivity contribution in [1.82, 2.24) is 5.32 Å². The maximum atomic E-state index is 15.4. The van der Waals surface area contributed by atoms with Gasteiger partial charge in [0.25, 0.3) is 0 Å². The fourth-order valence-corrected chi connectivity index (χ4v) is 6.11. The summed E-state index contributed by atoms with van der Waals surface area (Å²) in [4.78, 5) is 12.6. The van der Waals surface area contributed by atoms with Gasteiger partial charge in [-0.1, -0.05) is 30.3 Å². The molecule has 1 spiro atoms. The van der Waals surface area contributed by atoms with Gasteiger partial charge in [0, 0.05) is 17.5 Å². The first-order chi connectivity index (χ1) is 19.1. The van der Waals surface area contributed by atoms with E-state index < -0.39 is 5.41 Å². The maximum Gasteiger partial charge on any atom is 0.316 e. The van der Waals surface area contributed by atoms with E-state index in [-0.39, 0.29) is 17.9 Å². The van der Waals surface area contributed by atoms with Gasteiger partial charge in [0.05, 0.1) is 5.41 Å². The van der Waals surface area contributed by atoms with E-state index in [2.05, 4.69) is 17.4 Å². The first kappa shape index (κ1) is 26.8. The van der Waals surface area contributed by atoms with E-state index in [0.717, 1.165) is 77.9 Å². The van der Waals surface area contributed by atoms with Crippen LogP contribution in [-0.4, -0.2) is 25.2 Å². The van der Waals surface area contributed by atoms with Crippen LogP contribution < -0.4 is 14.8 Å². The van der Waals surface area contributed by atoms with Crippen LogP contribution in [0, 0.1) is 23.6 Å². The fraction of sp³-hybridized carbons (Fsp3) is 0.400. The number of ether oxygens (including phenoxy) is 2. The number of carbonyl (C=O) groups is 1. The number of rotatable bonds is 5. The summed E-state index contributed by atoms with van der Waals surface area (Å²) in [5.74, 6) is 0.961. The van der Waals surface area contributed by atoms with Crippen LogP contribution in [0.5, 0.6) is 11.5 Å². The third-order valence-corrected chi connectivity index (χ3v) is 8.61. The largest absolute Gasteiger partial charge is 0.490 e. The number of fused-ring (bicyclic) bond motifs is 1. The molecule has 0 bridgehead atoms. The monoisotopic (exact) mass is 539 g/mol. The van der Waals surface area contributed by atoms with Crippen molar-refractivity contribution in [2.45, 2.75) is 65.9 Å². The number of carbonyl (C=O) groups excluding carboxylic acids is 1. The lowest BCUT2D eigenvalue weighted by atomic mass is 9.87. The van der Waals surface area contributed by atoms with Crippen LogP contribution in [0.1, 0.15) is 74.3 Å². The minimum atomic E-state index is -0.591. The highest BCUT2D eigenvalue weighted by molar-refractivity contribution is 6.00. The average molecular weight is 540 g/mol. The van der Waals surface area contributed by atoms with Gasteiger partial charge < -0.3 is 14.8 Å². The molecule has 1 N–H and O–H groups in total. The molecule has 5 heteroatoms. The molecule has 0 amide bonds. The highest BCUT2D eigenvalue weighted by Crippen LogP contribution is 2.52. The van der Waals surface area contributed by atoms with Gasteiger partial charge in [-0.2, -0.15) is 0 Å². The van der Waals surface area contributed by atoms with Crippen LogP contribution >= 0.6 is 0 Å². The van der Waals surface area contributed by atoms with Gasteiger partial charge in [-0.3, -0.25) is 4.79 Å². The summed E-state index contributed by atoms with van der Waals surface area (Å²) in [5.41, 5.74) is 6.47. The Kier molecular flexibility index (Phi) is 6.82. The topological polar surface area (TPSA) is 47.6 Å². The van der Waals surface area contributed by atoms with Crippen LogP contribution in [0.2, 0.25) is 0 Å². The SMILES string of the molecule is Cc1ccc(C2=C(c3ccc(O[C@H]4C[C@]45CCNC5)cc3)c3ccc(OC(=O)C(C)(C)C)cc3CCC2)c(F)c1. The lowest BCUT2D eigenvalue weighted by Gasteiger charge is -2.19. The summed E-state index contributed by atoms with van der Waals surface area (Å²) < 4.78 is 27.5. The fourth-order valence-electron chi connectivity index (χ4n) is 6.11. The van der Waals surface area contributed by atoms with Crippen LogP contribution in [0.4, 0.5) is 4.39 Å². The van der Waals surface area contributed by atoms with E-state index in [1.165, 1.54) is 6.42 Å². The number of hydrogen-bond acceptors (Lipinski definition) is 4. The summed E-state index contributed by atoms with van der Waals surface area (Å²) in [6.07, 6.45) is 5.00. The van der Waals surface area contributed by atoms with E-state index in [1.54, 1.807) is 6.07 Å². The second-order valence-electron chi connectivity index (χ2n) is 12.8. The van der Waals surface area contributed by atoms with Crippen LogP contribution in [-0.2, 0) is 11.2 Å². The Balaban J connectivity index is 1.39. The van der Waals surface area contributed by atoms with Crippen molar-refractivity contribution in [2.24, 2.45) is 10.8 Å². The number of hydrogen-bond donors (Lipinski definition) is 1. The Bertz CT molecular complexity index is 1480. The van der Waals surface area contributed by atoms with Gasteiger partial charge in [-0.15, -0.1) is 0 Å². The smallest absolute Gasteiger partial charge is 0.316 e. The van der Waals surface area contributed by atoms with Gasteiger partial charge >= 0.3 is 5.97 Å². The number of esters is 1. The third kappa shape index (κ3) is 5.19. The predicted molar refractivity (Wildman–Crippen MR) is 157 cm³/mol. The highest BCUT2D eigenvalue weighted by Gasteiger charge is 2.57. The molecule has 208 valence electrons. The molecule has 2 atom stereocenters. The minimum absolute atomic E-state index is 0.198. The summed E-state index contributed by atoms with van der Waals surface area (Å²) in [7, 11) is 0. The molecule has 3 aliphatic rings. The highest BCUT2D eigenvalue weighted by atomic mass is 19.1. The minimum Gasteiger partial charge on any atom is -0.490 e. The maximum absolute atomic E-state index is 15.4. The molecular weight excluding hydrogens is 501 g/mol. The Hall–Kier alpha value is -3.44. The zero-order chi connectivity index (χ0) is 28.1. The Morgan fingerprint density at radius 3 is 2.42 bits per heavy atom. The number of benzene rings is 3. The molecule has 2 fully saturated rings. The summed E-state index contributed by atoms with van der Waals surface area (Å²) >= 11 is 0. The number of halogens is 1. The zero-order valence-corrected chi connectivity index (χ0v) is 23.9. The first-order valence-corrected chi connectivity index (χ1v) is 14.5. The molecule has 1 heterocycles. The van der Waals surface area contributed by atoms with Gasteiger partial charge in [-0.05, 0) is 130 Å². The summed E-state index contributed by atoms with van der Waals surface area (Å²) in [5, 5.41) is 3.46. The van der Waals surface area contributed by atoms with Gasteiger partial charge in [0.1, 0.15) is 23.4 Å². The van der Waals surface area contributed by atoms with E-state index in [9.17, 15) is 4.79 Å². The third-order valence-electron chi connectivity index (χ3n) is 8.61. The Morgan fingerprint density at radius 2 is 1.73 bits per heavy atom. The molecule has 3 aromatic carbocycles. The van der Waals surface area contributed by atoms with Gasteiger partial charge in [-0.25, -0.2) is 4.39 Å². The van der Waals surface area contributed by atoms with Crippen LogP contribution in [0.25, 0.3) is 11.1 Å². The number of allylic oxidation sites excluding steroid dienone is 1.